The van der Waals surface area contributed by atoms with Gasteiger partial charge in [0.2, 0.25) is 0 Å². The normalized spacial score (nSPS) is 19.4. The Bertz CT molecular complexity index is 398. The maximum atomic E-state index is 3.67. The molecule has 0 bridgehead atoms. The quantitative estimate of drug-likeness (QED) is 0.793. The third kappa shape index (κ3) is 3.05. The van der Waals surface area contributed by atoms with E-state index in [0.717, 1.165) is 0 Å². The first-order valence-electron chi connectivity index (χ1n) is 6.55. The summed E-state index contributed by atoms with van der Waals surface area (Å²) in [5.41, 5.74) is 4.42. The van der Waals surface area contributed by atoms with Crippen molar-refractivity contribution in [3.05, 3.63) is 34.9 Å². The summed E-state index contributed by atoms with van der Waals surface area (Å²) in [6.07, 6.45) is 3.66. The van der Waals surface area contributed by atoms with Gasteiger partial charge in [0, 0.05) is 10.8 Å². The summed E-state index contributed by atoms with van der Waals surface area (Å²) in [5, 5.41) is 0. The Morgan fingerprint density at radius 1 is 1.41 bits per heavy atom. The maximum Gasteiger partial charge on any atom is 0.0427 e. The van der Waals surface area contributed by atoms with Gasteiger partial charge in [-0.2, -0.15) is 0 Å². The highest BCUT2D eigenvalue weighted by Gasteiger charge is 2.25. The van der Waals surface area contributed by atoms with Gasteiger partial charge in [-0.05, 0) is 51.2 Å². The second-order valence-corrected chi connectivity index (χ2v) is 7.17. The van der Waals surface area contributed by atoms with Gasteiger partial charge >= 0.3 is 0 Å². The fourth-order valence-corrected chi connectivity index (χ4v) is 3.00. The lowest BCUT2D eigenvalue weighted by atomic mass is 10.1. The van der Waals surface area contributed by atoms with Crippen LogP contribution in [-0.4, -0.2) is 4.75 Å². The van der Waals surface area contributed by atoms with Crippen LogP contribution in [0.3, 0.4) is 0 Å². The van der Waals surface area contributed by atoms with Gasteiger partial charge in [-0.3, -0.25) is 4.72 Å². The third-order valence-corrected chi connectivity index (χ3v) is 4.95. The van der Waals surface area contributed by atoms with Crippen molar-refractivity contribution in [2.75, 3.05) is 0 Å². The van der Waals surface area contributed by atoms with Gasteiger partial charge in [-0.25, -0.2) is 0 Å². The highest BCUT2D eigenvalue weighted by molar-refractivity contribution is 7.98. The van der Waals surface area contributed by atoms with Gasteiger partial charge in [-0.15, -0.1) is 0 Å². The van der Waals surface area contributed by atoms with Crippen molar-refractivity contribution in [2.45, 2.75) is 57.7 Å². The van der Waals surface area contributed by atoms with Crippen LogP contribution in [0.4, 0.5) is 0 Å². The Balaban J connectivity index is 2.04. The van der Waals surface area contributed by atoms with E-state index in [-0.39, 0.29) is 0 Å². The van der Waals surface area contributed by atoms with Gasteiger partial charge in [0.15, 0.2) is 0 Å². The molecule has 0 radical (unpaired) electrons. The molecule has 2 heteroatoms. The molecule has 1 aromatic rings. The number of aryl methyl sites for hydroxylation is 2. The summed E-state index contributed by atoms with van der Waals surface area (Å²) in [6.45, 7) is 9.04. The van der Waals surface area contributed by atoms with Gasteiger partial charge in [0.1, 0.15) is 0 Å². The molecular weight excluding hydrogens is 226 g/mol. The lowest BCUT2D eigenvalue weighted by Gasteiger charge is -2.25. The minimum Gasteiger partial charge on any atom is -0.256 e. The summed E-state index contributed by atoms with van der Waals surface area (Å²) in [6, 6.07) is 7.41. The first kappa shape index (κ1) is 13.0. The van der Waals surface area contributed by atoms with Crippen LogP contribution in [0.1, 0.15) is 56.3 Å². The van der Waals surface area contributed by atoms with Crippen molar-refractivity contribution in [1.82, 2.24) is 4.72 Å². The number of rotatable bonds is 4. The lowest BCUT2D eigenvalue weighted by molar-refractivity contribution is 0.635. The van der Waals surface area contributed by atoms with Crippen LogP contribution < -0.4 is 4.72 Å². The van der Waals surface area contributed by atoms with E-state index >= 15 is 0 Å². The molecule has 1 aliphatic carbocycles. The zero-order valence-corrected chi connectivity index (χ0v) is 12.2. The van der Waals surface area contributed by atoms with E-state index in [4.69, 9.17) is 0 Å². The molecule has 0 amide bonds. The van der Waals surface area contributed by atoms with Crippen molar-refractivity contribution >= 4 is 11.9 Å². The molecular formula is C15H23NS. The van der Waals surface area contributed by atoms with Crippen LogP contribution in [0, 0.1) is 6.92 Å². The molecule has 0 saturated heterocycles. The van der Waals surface area contributed by atoms with Crippen molar-refractivity contribution in [3.8, 4) is 0 Å². The second-order valence-electron chi connectivity index (χ2n) is 5.63. The Hall–Kier alpha value is -0.470. The van der Waals surface area contributed by atoms with E-state index < -0.39 is 0 Å². The Kier molecular flexibility index (Phi) is 3.84. The average molecular weight is 249 g/mol. The topological polar surface area (TPSA) is 12.0 Å². The second kappa shape index (κ2) is 5.03. The Morgan fingerprint density at radius 2 is 2.18 bits per heavy atom. The van der Waals surface area contributed by atoms with Gasteiger partial charge < -0.3 is 0 Å². The number of fused-ring (bicyclic) bond motifs is 1. The molecule has 0 aromatic heterocycles. The van der Waals surface area contributed by atoms with Crippen LogP contribution in [0.15, 0.2) is 18.2 Å². The van der Waals surface area contributed by atoms with Crippen molar-refractivity contribution in [1.29, 1.82) is 0 Å². The van der Waals surface area contributed by atoms with E-state index in [1.165, 1.54) is 36.0 Å². The summed E-state index contributed by atoms with van der Waals surface area (Å²) in [4.78, 5) is 0. The summed E-state index contributed by atoms with van der Waals surface area (Å²) in [5.74, 6) is 0. The van der Waals surface area contributed by atoms with E-state index in [2.05, 4.69) is 50.6 Å². The molecule has 1 aromatic carbocycles. The van der Waals surface area contributed by atoms with Crippen LogP contribution in [0.25, 0.3) is 0 Å². The lowest BCUT2D eigenvalue weighted by Crippen LogP contribution is -2.22. The molecule has 1 atom stereocenters. The van der Waals surface area contributed by atoms with Crippen LogP contribution >= 0.6 is 11.9 Å². The molecule has 0 heterocycles. The largest absolute Gasteiger partial charge is 0.256 e. The SMILES string of the molecule is CCC(C)(C)SNC1CCc2ccc(C)cc21. The van der Waals surface area contributed by atoms with E-state index in [9.17, 15) is 0 Å². The van der Waals surface area contributed by atoms with Gasteiger partial charge in [-0.1, -0.05) is 42.6 Å². The van der Waals surface area contributed by atoms with E-state index in [0.29, 0.717) is 10.8 Å². The standard InChI is InChI=1S/C15H23NS/c1-5-15(3,4)17-16-14-9-8-12-7-6-11(2)10-13(12)14/h6-7,10,14,16H,5,8-9H2,1-4H3. The van der Waals surface area contributed by atoms with E-state index in [1.807, 2.05) is 11.9 Å². The zero-order chi connectivity index (χ0) is 12.5. The predicted octanol–water partition coefficient (Wildman–Crippen LogP) is 4.41. The predicted molar refractivity (Wildman–Crippen MR) is 77.3 cm³/mol. The monoisotopic (exact) mass is 249 g/mol. The van der Waals surface area contributed by atoms with Crippen molar-refractivity contribution in [2.24, 2.45) is 0 Å². The Labute approximate surface area is 110 Å². The number of nitrogens with one attached hydrogen (secondary N) is 1. The molecule has 1 unspecified atom stereocenters. The van der Waals surface area contributed by atoms with Crippen LogP contribution in [0.2, 0.25) is 0 Å². The van der Waals surface area contributed by atoms with Crippen molar-refractivity contribution in [3.63, 3.8) is 0 Å². The molecule has 17 heavy (non-hydrogen) atoms. The fourth-order valence-electron chi connectivity index (χ4n) is 2.15. The summed E-state index contributed by atoms with van der Waals surface area (Å²) in [7, 11) is 0. The Morgan fingerprint density at radius 3 is 2.88 bits per heavy atom. The average Bonchev–Trinajstić information content (AvgIpc) is 2.69. The zero-order valence-electron chi connectivity index (χ0n) is 11.3. The number of hydrogen-bond donors (Lipinski definition) is 1. The smallest absolute Gasteiger partial charge is 0.0427 e. The van der Waals surface area contributed by atoms with Crippen LogP contribution in [-0.2, 0) is 6.42 Å². The minimum absolute atomic E-state index is 0.326. The molecule has 94 valence electrons. The highest BCUT2D eigenvalue weighted by atomic mass is 32.2. The fraction of sp³-hybridized carbons (Fsp3) is 0.600. The van der Waals surface area contributed by atoms with Gasteiger partial charge in [0.05, 0.1) is 0 Å². The third-order valence-electron chi connectivity index (χ3n) is 3.71. The minimum atomic E-state index is 0.326. The molecule has 0 saturated carbocycles. The molecule has 0 spiro atoms. The van der Waals surface area contributed by atoms with Crippen molar-refractivity contribution < 1.29 is 0 Å². The molecule has 1 nitrogen and oxygen atoms in total. The molecule has 2 rings (SSSR count). The van der Waals surface area contributed by atoms with Gasteiger partial charge in [0.25, 0.3) is 0 Å². The molecule has 1 aliphatic rings. The molecule has 1 N–H and O–H groups in total. The number of hydrogen-bond acceptors (Lipinski definition) is 2. The molecule has 0 aliphatic heterocycles. The maximum absolute atomic E-state index is 3.67. The first-order valence-corrected chi connectivity index (χ1v) is 7.36. The molecule has 0 fully saturated rings. The van der Waals surface area contributed by atoms with E-state index in [1.54, 1.807) is 0 Å². The highest BCUT2D eigenvalue weighted by Crippen LogP contribution is 2.35. The summed E-state index contributed by atoms with van der Waals surface area (Å²) < 4.78 is 4.00. The summed E-state index contributed by atoms with van der Waals surface area (Å²) >= 11 is 1.90. The number of benzene rings is 1. The first-order chi connectivity index (χ1) is 8.02. The van der Waals surface area contributed by atoms with Crippen LogP contribution in [0.5, 0.6) is 0 Å².